The van der Waals surface area contributed by atoms with Gasteiger partial charge in [-0.2, -0.15) is 0 Å². The van der Waals surface area contributed by atoms with Crippen LogP contribution in [0.25, 0.3) is 0 Å². The molecule has 1 amide bonds. The van der Waals surface area contributed by atoms with Gasteiger partial charge in [0.25, 0.3) is 0 Å². The number of aliphatic hydroxyl groups is 1. The topological polar surface area (TPSA) is 52.6 Å². The third-order valence-corrected chi connectivity index (χ3v) is 2.83. The van der Waals surface area contributed by atoms with Crippen LogP contribution in [0, 0.1) is 5.92 Å². The van der Waals surface area contributed by atoms with Gasteiger partial charge in [-0.1, -0.05) is 37.3 Å². The number of rotatable bonds is 7. The molecule has 0 bridgehead atoms. The maximum absolute atomic E-state index is 12.2. The van der Waals surface area contributed by atoms with Gasteiger partial charge in [-0.3, -0.25) is 4.79 Å². The van der Waals surface area contributed by atoms with Crippen molar-refractivity contribution >= 4 is 5.91 Å². The molecule has 4 heteroatoms. The monoisotopic (exact) mass is 250 g/mol. The molecule has 0 aliphatic carbocycles. The molecule has 0 saturated carbocycles. The minimum Gasteiger partial charge on any atom is -0.395 e. The number of carbonyl (C=O) groups is 1. The van der Waals surface area contributed by atoms with E-state index in [2.05, 4.69) is 5.32 Å². The number of hydrogen-bond donors (Lipinski definition) is 2. The molecule has 0 saturated heterocycles. The van der Waals surface area contributed by atoms with Crippen LogP contribution in [-0.4, -0.2) is 42.7 Å². The molecule has 0 aliphatic rings. The van der Waals surface area contributed by atoms with Crippen molar-refractivity contribution in [3.8, 4) is 0 Å². The van der Waals surface area contributed by atoms with Crippen LogP contribution in [0.1, 0.15) is 12.5 Å². The Bertz CT molecular complexity index is 354. The molecule has 1 rings (SSSR count). The summed E-state index contributed by atoms with van der Waals surface area (Å²) in [6.45, 7) is 3.46. The number of carbonyl (C=O) groups excluding carboxylic acids is 1. The molecule has 0 heterocycles. The molecule has 1 unspecified atom stereocenters. The highest BCUT2D eigenvalue weighted by atomic mass is 16.3. The van der Waals surface area contributed by atoms with Crippen LogP contribution in [0.15, 0.2) is 30.3 Å². The molecule has 0 spiro atoms. The molecular weight excluding hydrogens is 228 g/mol. The van der Waals surface area contributed by atoms with E-state index in [0.717, 1.165) is 5.56 Å². The average Bonchev–Trinajstić information content (AvgIpc) is 2.39. The molecule has 18 heavy (non-hydrogen) atoms. The van der Waals surface area contributed by atoms with E-state index in [1.165, 1.54) is 0 Å². The summed E-state index contributed by atoms with van der Waals surface area (Å²) in [6, 6.07) is 9.83. The maximum Gasteiger partial charge on any atom is 0.227 e. The van der Waals surface area contributed by atoms with Gasteiger partial charge < -0.3 is 15.3 Å². The van der Waals surface area contributed by atoms with E-state index in [9.17, 15) is 4.79 Å². The molecule has 1 aromatic carbocycles. The van der Waals surface area contributed by atoms with E-state index in [1.54, 1.807) is 4.90 Å². The number of hydrogen-bond acceptors (Lipinski definition) is 3. The van der Waals surface area contributed by atoms with Crippen LogP contribution in [0.5, 0.6) is 0 Å². The Kier molecular flexibility index (Phi) is 6.39. The zero-order chi connectivity index (χ0) is 13.4. The fraction of sp³-hybridized carbons (Fsp3) is 0.500. The summed E-state index contributed by atoms with van der Waals surface area (Å²) in [7, 11) is 1.83. The smallest absolute Gasteiger partial charge is 0.227 e. The molecule has 0 aromatic heterocycles. The summed E-state index contributed by atoms with van der Waals surface area (Å²) in [6.07, 6.45) is 0. The number of amides is 1. The van der Waals surface area contributed by atoms with Gasteiger partial charge in [0, 0.05) is 25.6 Å². The predicted molar refractivity (Wildman–Crippen MR) is 72.0 cm³/mol. The lowest BCUT2D eigenvalue weighted by molar-refractivity contribution is -0.136. The van der Waals surface area contributed by atoms with Crippen molar-refractivity contribution in [2.45, 2.75) is 13.5 Å². The second kappa shape index (κ2) is 7.84. The highest BCUT2D eigenvalue weighted by Crippen LogP contribution is 2.08. The Morgan fingerprint density at radius 1 is 1.39 bits per heavy atom. The van der Waals surface area contributed by atoms with Gasteiger partial charge in [0.05, 0.1) is 6.61 Å². The first-order valence-electron chi connectivity index (χ1n) is 6.27. The van der Waals surface area contributed by atoms with E-state index in [1.807, 2.05) is 44.3 Å². The van der Waals surface area contributed by atoms with Gasteiger partial charge in [-0.05, 0) is 12.6 Å². The van der Waals surface area contributed by atoms with Crippen molar-refractivity contribution in [3.63, 3.8) is 0 Å². The third kappa shape index (κ3) is 4.47. The molecule has 0 fully saturated rings. The van der Waals surface area contributed by atoms with E-state index < -0.39 is 0 Å². The predicted octanol–water partition coefficient (Wildman–Crippen LogP) is 0.863. The van der Waals surface area contributed by atoms with E-state index in [4.69, 9.17) is 5.11 Å². The lowest BCUT2D eigenvalue weighted by Crippen LogP contribution is -2.39. The van der Waals surface area contributed by atoms with E-state index in [-0.39, 0.29) is 18.4 Å². The molecule has 2 N–H and O–H groups in total. The fourth-order valence-electron chi connectivity index (χ4n) is 1.90. The minimum absolute atomic E-state index is 0.00908. The molecule has 4 nitrogen and oxygen atoms in total. The lowest BCUT2D eigenvalue weighted by atomic mass is 10.1. The molecule has 0 aliphatic heterocycles. The first-order chi connectivity index (χ1) is 8.69. The Labute approximate surface area is 109 Å². The van der Waals surface area contributed by atoms with E-state index >= 15 is 0 Å². The number of aliphatic hydroxyl groups excluding tert-OH is 1. The van der Waals surface area contributed by atoms with Crippen molar-refractivity contribution in [1.29, 1.82) is 0 Å². The van der Waals surface area contributed by atoms with E-state index in [0.29, 0.717) is 19.6 Å². The Morgan fingerprint density at radius 3 is 2.61 bits per heavy atom. The van der Waals surface area contributed by atoms with Gasteiger partial charge in [-0.25, -0.2) is 0 Å². The number of nitrogens with zero attached hydrogens (tertiary/aromatic N) is 1. The van der Waals surface area contributed by atoms with Gasteiger partial charge in [0.2, 0.25) is 5.91 Å². The Morgan fingerprint density at radius 2 is 2.06 bits per heavy atom. The lowest BCUT2D eigenvalue weighted by Gasteiger charge is -2.25. The Hall–Kier alpha value is -1.39. The van der Waals surface area contributed by atoms with Gasteiger partial charge in [0.1, 0.15) is 0 Å². The zero-order valence-electron chi connectivity index (χ0n) is 11.1. The average molecular weight is 250 g/mol. The van der Waals surface area contributed by atoms with Crippen LogP contribution in [-0.2, 0) is 11.3 Å². The standard InChI is InChI=1S/C14H22N2O2/c1-12(10-15-2)14(18)16(8-9-17)11-13-6-4-3-5-7-13/h3-7,12,15,17H,8-11H2,1-2H3. The van der Waals surface area contributed by atoms with Crippen molar-refractivity contribution in [3.05, 3.63) is 35.9 Å². The van der Waals surface area contributed by atoms with Crippen LogP contribution >= 0.6 is 0 Å². The second-order valence-electron chi connectivity index (χ2n) is 4.43. The van der Waals surface area contributed by atoms with Gasteiger partial charge in [-0.15, -0.1) is 0 Å². The SMILES string of the molecule is CNCC(C)C(=O)N(CCO)Cc1ccccc1. The highest BCUT2D eigenvalue weighted by Gasteiger charge is 2.19. The van der Waals surface area contributed by atoms with Crippen molar-refractivity contribution in [2.24, 2.45) is 5.92 Å². The molecule has 1 atom stereocenters. The van der Waals surface area contributed by atoms with Crippen LogP contribution in [0.2, 0.25) is 0 Å². The third-order valence-electron chi connectivity index (χ3n) is 2.83. The van der Waals surface area contributed by atoms with Crippen molar-refractivity contribution < 1.29 is 9.90 Å². The van der Waals surface area contributed by atoms with Gasteiger partial charge >= 0.3 is 0 Å². The quantitative estimate of drug-likeness (QED) is 0.755. The number of benzene rings is 1. The number of nitrogens with one attached hydrogen (secondary N) is 1. The summed E-state index contributed by atoms with van der Waals surface area (Å²) in [5.41, 5.74) is 1.08. The van der Waals surface area contributed by atoms with Crippen LogP contribution < -0.4 is 5.32 Å². The minimum atomic E-state index is -0.0785. The first kappa shape index (κ1) is 14.7. The Balaban J connectivity index is 2.67. The summed E-state index contributed by atoms with van der Waals surface area (Å²) in [5, 5.41) is 12.1. The second-order valence-corrected chi connectivity index (χ2v) is 4.43. The summed E-state index contributed by atoms with van der Waals surface area (Å²) in [5.74, 6) is -0.00693. The summed E-state index contributed by atoms with van der Waals surface area (Å²) >= 11 is 0. The van der Waals surface area contributed by atoms with Crippen molar-refractivity contribution in [1.82, 2.24) is 10.2 Å². The zero-order valence-corrected chi connectivity index (χ0v) is 11.1. The molecule has 100 valence electrons. The molecule has 1 aromatic rings. The van der Waals surface area contributed by atoms with Crippen LogP contribution in [0.4, 0.5) is 0 Å². The summed E-state index contributed by atoms with van der Waals surface area (Å²) < 4.78 is 0. The normalized spacial score (nSPS) is 12.2. The first-order valence-corrected chi connectivity index (χ1v) is 6.27. The van der Waals surface area contributed by atoms with Gasteiger partial charge in [0.15, 0.2) is 0 Å². The fourth-order valence-corrected chi connectivity index (χ4v) is 1.90. The van der Waals surface area contributed by atoms with Crippen molar-refractivity contribution in [2.75, 3.05) is 26.7 Å². The summed E-state index contributed by atoms with van der Waals surface area (Å²) in [4.78, 5) is 13.9. The largest absolute Gasteiger partial charge is 0.395 e. The highest BCUT2D eigenvalue weighted by molar-refractivity contribution is 5.78. The molecule has 0 radical (unpaired) electrons. The maximum atomic E-state index is 12.2. The molecular formula is C14H22N2O2. The van der Waals surface area contributed by atoms with Crippen LogP contribution in [0.3, 0.4) is 0 Å².